The summed E-state index contributed by atoms with van der Waals surface area (Å²) >= 11 is 0. The smallest absolute Gasteiger partial charge is 0.472 e. The Morgan fingerprint density at radius 3 is 1.40 bits per heavy atom. The summed E-state index contributed by atoms with van der Waals surface area (Å²) in [5.41, 5.74) is 5.34. The number of nitrogens with two attached hydrogens (primary N) is 1. The van der Waals surface area contributed by atoms with Crippen LogP contribution in [0.2, 0.25) is 0 Å². The van der Waals surface area contributed by atoms with Gasteiger partial charge in [0.15, 0.2) is 6.10 Å². The highest BCUT2D eigenvalue weighted by Crippen LogP contribution is 2.43. The van der Waals surface area contributed by atoms with Gasteiger partial charge in [-0.2, -0.15) is 0 Å². The summed E-state index contributed by atoms with van der Waals surface area (Å²) in [6.45, 7) is 2.77. The Hall–Kier alpha value is -2.30. The number of carbonyl (C=O) groups is 3. The van der Waals surface area contributed by atoms with Crippen molar-refractivity contribution in [1.29, 1.82) is 0 Å². The second-order valence-corrected chi connectivity index (χ2v) is 17.0. The molecule has 4 N–H and O–H groups in total. The highest BCUT2D eigenvalue weighted by atomic mass is 31.2. The molecule has 0 bridgehead atoms. The summed E-state index contributed by atoms with van der Waals surface area (Å²) in [6.07, 6.45) is 44.8. The van der Waals surface area contributed by atoms with E-state index in [9.17, 15) is 23.8 Å². The van der Waals surface area contributed by atoms with E-state index in [1.807, 2.05) is 0 Å². The molecule has 0 spiro atoms. The number of phosphoric acid groups is 1. The van der Waals surface area contributed by atoms with Crippen molar-refractivity contribution in [1.82, 2.24) is 0 Å². The molecule has 0 amide bonds. The molecule has 0 aliphatic carbocycles. The summed E-state index contributed by atoms with van der Waals surface area (Å²) in [7, 11) is -4.72. The predicted octanol–water partition coefficient (Wildman–Crippen LogP) is 12.4. The van der Waals surface area contributed by atoms with E-state index in [0.29, 0.717) is 12.8 Å². The molecule has 3 atom stereocenters. The SMILES string of the molecule is CCCCC/C=C\C/C=C\CCCCCCCCCC(=O)O[C@H](COC(=O)CCCCCCCCC/C=C\CCCCCCCC)COP(=O)(O)OC[C@H](N)C(=O)O. The highest BCUT2D eigenvalue weighted by Gasteiger charge is 2.28. The van der Waals surface area contributed by atoms with Gasteiger partial charge in [0.2, 0.25) is 0 Å². The van der Waals surface area contributed by atoms with Gasteiger partial charge in [0, 0.05) is 12.8 Å². The van der Waals surface area contributed by atoms with Gasteiger partial charge < -0.3 is 25.2 Å². The molecule has 0 aliphatic rings. The number of carbonyl (C=O) groups excluding carboxylic acids is 2. The zero-order chi connectivity index (χ0) is 42.8. The lowest BCUT2D eigenvalue weighted by Crippen LogP contribution is -2.34. The number of ether oxygens (including phenoxy) is 2. The van der Waals surface area contributed by atoms with Crippen LogP contribution in [0.15, 0.2) is 36.5 Å². The topological polar surface area (TPSA) is 172 Å². The molecule has 0 aliphatic heterocycles. The Bertz CT molecular complexity index is 1130. The third-order valence-electron chi connectivity index (χ3n) is 9.86. The van der Waals surface area contributed by atoms with Crippen LogP contribution in [0.5, 0.6) is 0 Å². The van der Waals surface area contributed by atoms with Gasteiger partial charge in [0.25, 0.3) is 0 Å². The Balaban J connectivity index is 4.34. The third kappa shape index (κ3) is 40.5. The zero-order valence-corrected chi connectivity index (χ0v) is 37.5. The standard InChI is InChI=1S/C46H84NO10P/c1-3-5-7-9-11-13-15-17-19-21-23-25-27-29-31-33-35-37-44(48)54-39-42(40-55-58(52,53)56-41-43(47)46(50)51)57-45(49)38-36-34-32-30-28-26-24-22-20-18-16-14-12-10-8-6-4-2/h12,14,17-20,42-43H,3-11,13,15-16,21-41,47H2,1-2H3,(H,50,51)(H,52,53)/b14-12-,19-17-,20-18-/t42-,43+/m1/s1. The van der Waals surface area contributed by atoms with Crippen molar-refractivity contribution in [2.24, 2.45) is 5.73 Å². The number of phosphoric ester groups is 1. The molecule has 0 radical (unpaired) electrons. The van der Waals surface area contributed by atoms with Crippen molar-refractivity contribution in [3.63, 3.8) is 0 Å². The fraction of sp³-hybridized carbons (Fsp3) is 0.804. The van der Waals surface area contributed by atoms with Crippen molar-refractivity contribution >= 4 is 25.7 Å². The Kier molecular flexibility index (Phi) is 39.8. The molecule has 1 unspecified atom stereocenters. The van der Waals surface area contributed by atoms with Gasteiger partial charge in [-0.05, 0) is 70.6 Å². The van der Waals surface area contributed by atoms with Crippen molar-refractivity contribution < 1.29 is 47.5 Å². The fourth-order valence-corrected chi connectivity index (χ4v) is 6.99. The van der Waals surface area contributed by atoms with Crippen LogP contribution in [-0.4, -0.2) is 59.9 Å². The molecule has 0 fully saturated rings. The van der Waals surface area contributed by atoms with Gasteiger partial charge in [0.1, 0.15) is 12.6 Å². The molecule has 0 saturated carbocycles. The molecular formula is C46H84NO10P. The molecule has 11 nitrogen and oxygen atoms in total. The summed E-state index contributed by atoms with van der Waals surface area (Å²) < 4.78 is 32.7. The number of carboxylic acids is 1. The fourth-order valence-electron chi connectivity index (χ4n) is 6.21. The minimum absolute atomic E-state index is 0.152. The molecule has 58 heavy (non-hydrogen) atoms. The maximum absolute atomic E-state index is 12.6. The number of aliphatic carboxylic acids is 1. The van der Waals surface area contributed by atoms with Crippen molar-refractivity contribution in [3.05, 3.63) is 36.5 Å². The van der Waals surface area contributed by atoms with Gasteiger partial charge >= 0.3 is 25.7 Å². The van der Waals surface area contributed by atoms with E-state index in [1.165, 1.54) is 103 Å². The number of hydrogen-bond donors (Lipinski definition) is 3. The van der Waals surface area contributed by atoms with E-state index in [2.05, 4.69) is 54.8 Å². The Morgan fingerprint density at radius 1 is 0.534 bits per heavy atom. The minimum atomic E-state index is -4.72. The first-order valence-electron chi connectivity index (χ1n) is 23.0. The normalized spacial score (nSPS) is 14.0. The van der Waals surface area contributed by atoms with Crippen LogP contribution in [0.1, 0.15) is 206 Å². The molecule has 0 aromatic heterocycles. The van der Waals surface area contributed by atoms with Crippen molar-refractivity contribution in [2.45, 2.75) is 219 Å². The molecule has 0 saturated heterocycles. The molecule has 0 rings (SSSR count). The van der Waals surface area contributed by atoms with Crippen LogP contribution in [0, 0.1) is 0 Å². The van der Waals surface area contributed by atoms with Gasteiger partial charge in [-0.1, -0.05) is 159 Å². The van der Waals surface area contributed by atoms with Crippen LogP contribution in [0.3, 0.4) is 0 Å². The molecule has 0 heterocycles. The Labute approximate surface area is 353 Å². The summed E-state index contributed by atoms with van der Waals surface area (Å²) in [4.78, 5) is 46.0. The number of rotatable bonds is 43. The maximum Gasteiger partial charge on any atom is 0.472 e. The van der Waals surface area contributed by atoms with E-state index in [0.717, 1.165) is 64.2 Å². The van der Waals surface area contributed by atoms with Crippen LogP contribution in [0.4, 0.5) is 0 Å². The lowest BCUT2D eigenvalue weighted by molar-refractivity contribution is -0.161. The lowest BCUT2D eigenvalue weighted by atomic mass is 10.1. The first-order valence-corrected chi connectivity index (χ1v) is 24.5. The molecular weight excluding hydrogens is 757 g/mol. The van der Waals surface area contributed by atoms with Crippen LogP contribution >= 0.6 is 7.82 Å². The number of esters is 2. The minimum Gasteiger partial charge on any atom is -0.480 e. The van der Waals surface area contributed by atoms with Gasteiger partial charge in [0.05, 0.1) is 13.2 Å². The second-order valence-electron chi connectivity index (χ2n) is 15.5. The van der Waals surface area contributed by atoms with Crippen molar-refractivity contribution in [3.8, 4) is 0 Å². The van der Waals surface area contributed by atoms with E-state index >= 15 is 0 Å². The summed E-state index contributed by atoms with van der Waals surface area (Å²) in [6, 6.07) is -1.52. The summed E-state index contributed by atoms with van der Waals surface area (Å²) in [5.74, 6) is -2.39. The van der Waals surface area contributed by atoms with Crippen LogP contribution in [-0.2, 0) is 37.5 Å². The van der Waals surface area contributed by atoms with E-state index in [4.69, 9.17) is 24.8 Å². The Morgan fingerprint density at radius 2 is 0.914 bits per heavy atom. The van der Waals surface area contributed by atoms with Crippen molar-refractivity contribution in [2.75, 3.05) is 19.8 Å². The number of carboxylic acid groups (broad SMARTS) is 1. The quantitative estimate of drug-likeness (QED) is 0.0231. The molecule has 0 aromatic rings. The predicted molar refractivity (Wildman–Crippen MR) is 235 cm³/mol. The average molecular weight is 842 g/mol. The van der Waals surface area contributed by atoms with Gasteiger partial charge in [-0.25, -0.2) is 4.57 Å². The van der Waals surface area contributed by atoms with E-state index < -0.39 is 51.1 Å². The molecule has 12 heteroatoms. The zero-order valence-electron chi connectivity index (χ0n) is 36.6. The number of unbranched alkanes of at least 4 members (excludes halogenated alkanes) is 23. The largest absolute Gasteiger partial charge is 0.480 e. The molecule has 338 valence electrons. The lowest BCUT2D eigenvalue weighted by Gasteiger charge is -2.20. The average Bonchev–Trinajstić information content (AvgIpc) is 3.20. The van der Waals surface area contributed by atoms with E-state index in [-0.39, 0.29) is 19.4 Å². The van der Waals surface area contributed by atoms with Crippen LogP contribution < -0.4 is 5.73 Å². The third-order valence-corrected chi connectivity index (χ3v) is 10.8. The summed E-state index contributed by atoms with van der Waals surface area (Å²) in [5, 5.41) is 8.90. The van der Waals surface area contributed by atoms with Gasteiger partial charge in [-0.15, -0.1) is 0 Å². The number of hydrogen-bond acceptors (Lipinski definition) is 9. The number of allylic oxidation sites excluding steroid dienone is 6. The second kappa shape index (κ2) is 41.4. The first kappa shape index (κ1) is 55.7. The van der Waals surface area contributed by atoms with E-state index in [1.54, 1.807) is 0 Å². The molecule has 0 aromatic carbocycles. The van der Waals surface area contributed by atoms with Gasteiger partial charge in [-0.3, -0.25) is 23.4 Å². The first-order chi connectivity index (χ1) is 28.1. The highest BCUT2D eigenvalue weighted by molar-refractivity contribution is 7.47. The maximum atomic E-state index is 12.6. The van der Waals surface area contributed by atoms with Crippen LogP contribution in [0.25, 0.3) is 0 Å². The monoisotopic (exact) mass is 842 g/mol.